The van der Waals surface area contributed by atoms with E-state index < -0.39 is 0 Å². The van der Waals surface area contributed by atoms with Gasteiger partial charge in [-0.2, -0.15) is 0 Å². The largest absolute Gasteiger partial charge is 0.314 e. The van der Waals surface area contributed by atoms with E-state index in [4.69, 9.17) is 0 Å². The van der Waals surface area contributed by atoms with Gasteiger partial charge in [-0.3, -0.25) is 4.98 Å². The van der Waals surface area contributed by atoms with E-state index in [1.165, 1.54) is 12.0 Å². The molecule has 0 bridgehead atoms. The molecule has 0 aromatic carbocycles. The van der Waals surface area contributed by atoms with E-state index in [-0.39, 0.29) is 0 Å². The van der Waals surface area contributed by atoms with Crippen LogP contribution < -0.4 is 5.32 Å². The highest BCUT2D eigenvalue weighted by atomic mass is 15.1. The van der Waals surface area contributed by atoms with E-state index in [1.807, 2.05) is 18.5 Å². The van der Waals surface area contributed by atoms with Crippen LogP contribution >= 0.6 is 0 Å². The standard InChI is InChI=1S/C13H23N3/c1-12(7-10-16(2)3)15-9-6-13-5-4-8-14-11-13/h4-5,8,11-12,15H,6-7,9-10H2,1-3H3. The molecule has 3 heteroatoms. The fourth-order valence-electron chi connectivity index (χ4n) is 1.56. The summed E-state index contributed by atoms with van der Waals surface area (Å²) in [5.74, 6) is 0. The van der Waals surface area contributed by atoms with E-state index in [0.29, 0.717) is 6.04 Å². The van der Waals surface area contributed by atoms with E-state index in [0.717, 1.165) is 19.5 Å². The van der Waals surface area contributed by atoms with Crippen LogP contribution in [-0.4, -0.2) is 43.1 Å². The molecule has 0 amide bonds. The minimum absolute atomic E-state index is 0.582. The van der Waals surface area contributed by atoms with Gasteiger partial charge < -0.3 is 10.2 Å². The van der Waals surface area contributed by atoms with Gasteiger partial charge in [0.05, 0.1) is 0 Å². The van der Waals surface area contributed by atoms with Gasteiger partial charge in [0.15, 0.2) is 0 Å². The molecule has 0 saturated heterocycles. The Morgan fingerprint density at radius 3 is 2.88 bits per heavy atom. The first-order chi connectivity index (χ1) is 7.68. The monoisotopic (exact) mass is 221 g/mol. The van der Waals surface area contributed by atoms with Crippen molar-refractivity contribution in [3.63, 3.8) is 0 Å². The Kier molecular flexibility index (Phi) is 6.04. The van der Waals surface area contributed by atoms with Crippen LogP contribution in [0.2, 0.25) is 0 Å². The highest BCUT2D eigenvalue weighted by Crippen LogP contribution is 1.97. The van der Waals surface area contributed by atoms with Crippen LogP contribution in [0.15, 0.2) is 24.5 Å². The molecule has 3 nitrogen and oxygen atoms in total. The maximum absolute atomic E-state index is 4.11. The lowest BCUT2D eigenvalue weighted by atomic mass is 10.2. The van der Waals surface area contributed by atoms with Crippen LogP contribution in [0.3, 0.4) is 0 Å². The third-order valence-corrected chi connectivity index (χ3v) is 2.64. The van der Waals surface area contributed by atoms with Crippen LogP contribution in [0.25, 0.3) is 0 Å². The third kappa shape index (κ3) is 5.83. The molecule has 0 spiro atoms. The van der Waals surface area contributed by atoms with Gasteiger partial charge in [-0.15, -0.1) is 0 Å². The number of hydrogen-bond acceptors (Lipinski definition) is 3. The summed E-state index contributed by atoms with van der Waals surface area (Å²) in [6.45, 7) is 4.41. The Morgan fingerprint density at radius 1 is 1.44 bits per heavy atom. The van der Waals surface area contributed by atoms with Gasteiger partial charge >= 0.3 is 0 Å². The van der Waals surface area contributed by atoms with Crippen molar-refractivity contribution in [1.82, 2.24) is 15.2 Å². The van der Waals surface area contributed by atoms with E-state index in [1.54, 1.807) is 0 Å². The number of nitrogens with one attached hydrogen (secondary N) is 1. The number of rotatable bonds is 7. The Balaban J connectivity index is 2.11. The summed E-state index contributed by atoms with van der Waals surface area (Å²) >= 11 is 0. The lowest BCUT2D eigenvalue weighted by Gasteiger charge is -2.16. The summed E-state index contributed by atoms with van der Waals surface area (Å²) in [6, 6.07) is 4.70. The molecule has 0 aliphatic rings. The van der Waals surface area contributed by atoms with Crippen LogP contribution in [0.4, 0.5) is 0 Å². The van der Waals surface area contributed by atoms with Gasteiger partial charge in [-0.05, 0) is 58.6 Å². The number of aromatic nitrogens is 1. The second kappa shape index (κ2) is 7.36. The zero-order valence-electron chi connectivity index (χ0n) is 10.6. The first-order valence-corrected chi connectivity index (χ1v) is 5.95. The van der Waals surface area contributed by atoms with Crippen molar-refractivity contribution in [1.29, 1.82) is 0 Å². The summed E-state index contributed by atoms with van der Waals surface area (Å²) in [5.41, 5.74) is 1.30. The van der Waals surface area contributed by atoms with Gasteiger partial charge in [0, 0.05) is 18.4 Å². The first kappa shape index (κ1) is 13.1. The van der Waals surface area contributed by atoms with Crippen LogP contribution in [0, 0.1) is 0 Å². The molecule has 1 N–H and O–H groups in total. The molecular weight excluding hydrogens is 198 g/mol. The predicted molar refractivity (Wildman–Crippen MR) is 68.6 cm³/mol. The maximum Gasteiger partial charge on any atom is 0.0300 e. The SMILES string of the molecule is CC(CCN(C)C)NCCc1cccnc1. The van der Waals surface area contributed by atoms with Gasteiger partial charge in [0.25, 0.3) is 0 Å². The van der Waals surface area contributed by atoms with Gasteiger partial charge in [0.1, 0.15) is 0 Å². The molecule has 1 heterocycles. The van der Waals surface area contributed by atoms with E-state index in [9.17, 15) is 0 Å². The minimum atomic E-state index is 0.582. The first-order valence-electron chi connectivity index (χ1n) is 5.95. The molecule has 0 aliphatic carbocycles. The zero-order valence-corrected chi connectivity index (χ0v) is 10.6. The van der Waals surface area contributed by atoms with Crippen LogP contribution in [-0.2, 0) is 6.42 Å². The molecule has 1 aromatic heterocycles. The molecule has 0 saturated carbocycles. The molecule has 0 aliphatic heterocycles. The fourth-order valence-corrected chi connectivity index (χ4v) is 1.56. The molecule has 1 atom stereocenters. The predicted octanol–water partition coefficient (Wildman–Crippen LogP) is 1.55. The Labute approximate surface area is 98.9 Å². The smallest absolute Gasteiger partial charge is 0.0300 e. The third-order valence-electron chi connectivity index (χ3n) is 2.64. The average molecular weight is 221 g/mol. The summed E-state index contributed by atoms with van der Waals surface area (Å²) in [5, 5.41) is 3.53. The Hall–Kier alpha value is -0.930. The second-order valence-corrected chi connectivity index (χ2v) is 4.56. The number of nitrogens with zero attached hydrogens (tertiary/aromatic N) is 2. The van der Waals surface area contributed by atoms with Crippen molar-refractivity contribution < 1.29 is 0 Å². The molecule has 0 radical (unpaired) electrons. The van der Waals surface area contributed by atoms with Gasteiger partial charge in [-0.25, -0.2) is 0 Å². The minimum Gasteiger partial charge on any atom is -0.314 e. The molecule has 1 aromatic rings. The zero-order chi connectivity index (χ0) is 11.8. The normalized spacial score (nSPS) is 13.0. The molecular formula is C13H23N3. The lowest BCUT2D eigenvalue weighted by Crippen LogP contribution is -2.31. The lowest BCUT2D eigenvalue weighted by molar-refractivity contribution is 0.367. The van der Waals surface area contributed by atoms with Gasteiger partial charge in [0.2, 0.25) is 0 Å². The van der Waals surface area contributed by atoms with Crippen LogP contribution in [0.1, 0.15) is 18.9 Å². The van der Waals surface area contributed by atoms with Crippen LogP contribution in [0.5, 0.6) is 0 Å². The van der Waals surface area contributed by atoms with Crippen molar-refractivity contribution in [2.45, 2.75) is 25.8 Å². The topological polar surface area (TPSA) is 28.2 Å². The quantitative estimate of drug-likeness (QED) is 0.757. The molecule has 1 unspecified atom stereocenters. The van der Waals surface area contributed by atoms with Crippen molar-refractivity contribution in [2.24, 2.45) is 0 Å². The van der Waals surface area contributed by atoms with Crippen molar-refractivity contribution in [3.8, 4) is 0 Å². The van der Waals surface area contributed by atoms with Gasteiger partial charge in [-0.1, -0.05) is 6.07 Å². The second-order valence-electron chi connectivity index (χ2n) is 4.56. The Morgan fingerprint density at radius 2 is 2.25 bits per heavy atom. The number of hydrogen-bond donors (Lipinski definition) is 1. The Bertz CT molecular complexity index is 272. The molecule has 1 rings (SSSR count). The van der Waals surface area contributed by atoms with Crippen molar-refractivity contribution >= 4 is 0 Å². The fraction of sp³-hybridized carbons (Fsp3) is 0.615. The van der Waals surface area contributed by atoms with E-state index >= 15 is 0 Å². The molecule has 0 fully saturated rings. The maximum atomic E-state index is 4.11. The molecule has 90 valence electrons. The summed E-state index contributed by atoms with van der Waals surface area (Å²) in [6.07, 6.45) is 6.00. The highest BCUT2D eigenvalue weighted by molar-refractivity contribution is 5.08. The van der Waals surface area contributed by atoms with Crippen molar-refractivity contribution in [3.05, 3.63) is 30.1 Å². The highest BCUT2D eigenvalue weighted by Gasteiger charge is 2.01. The summed E-state index contributed by atoms with van der Waals surface area (Å²) in [7, 11) is 4.23. The summed E-state index contributed by atoms with van der Waals surface area (Å²) in [4.78, 5) is 6.33. The van der Waals surface area contributed by atoms with Crippen molar-refractivity contribution in [2.75, 3.05) is 27.2 Å². The van der Waals surface area contributed by atoms with E-state index in [2.05, 4.69) is 42.3 Å². The summed E-state index contributed by atoms with van der Waals surface area (Å²) < 4.78 is 0. The number of pyridine rings is 1. The molecule has 16 heavy (non-hydrogen) atoms. The average Bonchev–Trinajstić information content (AvgIpc) is 2.28.